The number of hydrogen-bond acceptors (Lipinski definition) is 4. The zero-order chi connectivity index (χ0) is 31.1. The van der Waals surface area contributed by atoms with Gasteiger partial charge in [-0.15, -0.1) is 0 Å². The zero-order valence-corrected chi connectivity index (χ0v) is 26.0. The molecule has 7 aromatic carbocycles. The van der Waals surface area contributed by atoms with E-state index in [0.717, 1.165) is 70.8 Å². The molecule has 0 aliphatic carbocycles. The molecule has 0 aliphatic heterocycles. The molecule has 0 bridgehead atoms. The number of para-hydroxylation sites is 3. The lowest BCUT2D eigenvalue weighted by molar-refractivity contribution is 0.591. The summed E-state index contributed by atoms with van der Waals surface area (Å²) in [4.78, 5) is 15.1. The molecule has 0 amide bonds. The lowest BCUT2D eigenvalue weighted by Crippen LogP contribution is -2.30. The number of aromatic nitrogens is 4. The van der Waals surface area contributed by atoms with Crippen LogP contribution < -0.4 is 16.2 Å². The summed E-state index contributed by atoms with van der Waals surface area (Å²) in [7, 11) is -3.67. The molecule has 0 radical (unpaired) electrons. The van der Waals surface area contributed by atoms with E-state index in [4.69, 9.17) is 15.0 Å². The SMILES string of the molecule is O=P(c1ccccc1)(c1ncc2ccccc2n1)c1cc2ccccc2c2c1c1cc3ccccc3cc1n1c3ccccc3nc21. The molecule has 3 heterocycles. The average Bonchev–Trinajstić information content (AvgIpc) is 3.53. The molecule has 3 aromatic heterocycles. The van der Waals surface area contributed by atoms with Crippen molar-refractivity contribution in [3.63, 3.8) is 0 Å². The lowest BCUT2D eigenvalue weighted by Gasteiger charge is -2.23. The molecule has 1 unspecified atom stereocenters. The average molecular weight is 621 g/mol. The fourth-order valence-electron chi connectivity index (χ4n) is 7.25. The van der Waals surface area contributed by atoms with Crippen LogP contribution in [0.15, 0.2) is 152 Å². The van der Waals surface area contributed by atoms with Gasteiger partial charge >= 0.3 is 0 Å². The van der Waals surface area contributed by atoms with Crippen LogP contribution in [0.2, 0.25) is 0 Å². The lowest BCUT2D eigenvalue weighted by atomic mass is 9.97. The number of imidazole rings is 1. The van der Waals surface area contributed by atoms with Crippen molar-refractivity contribution in [1.29, 1.82) is 0 Å². The Morgan fingerprint density at radius 2 is 1.17 bits per heavy atom. The van der Waals surface area contributed by atoms with Crippen LogP contribution in [0.1, 0.15) is 0 Å². The third kappa shape index (κ3) is 3.72. The van der Waals surface area contributed by atoms with Crippen LogP contribution in [0.3, 0.4) is 0 Å². The van der Waals surface area contributed by atoms with Crippen LogP contribution in [-0.2, 0) is 4.57 Å². The maximum absolute atomic E-state index is 16.4. The Morgan fingerprint density at radius 3 is 2.00 bits per heavy atom. The normalized spacial score (nSPS) is 13.4. The summed E-state index contributed by atoms with van der Waals surface area (Å²) in [6, 6.07) is 49.2. The zero-order valence-electron chi connectivity index (χ0n) is 25.1. The fraction of sp³-hybridized carbons (Fsp3) is 0. The molecule has 10 rings (SSSR count). The van der Waals surface area contributed by atoms with Gasteiger partial charge in [-0.05, 0) is 57.9 Å². The highest BCUT2D eigenvalue weighted by Crippen LogP contribution is 2.48. The van der Waals surface area contributed by atoms with E-state index in [1.54, 1.807) is 6.20 Å². The highest BCUT2D eigenvalue weighted by molar-refractivity contribution is 7.85. The van der Waals surface area contributed by atoms with Crippen molar-refractivity contribution >= 4 is 94.1 Å². The second kappa shape index (κ2) is 9.80. The Balaban J connectivity index is 1.50. The molecule has 220 valence electrons. The Morgan fingerprint density at radius 1 is 0.511 bits per heavy atom. The van der Waals surface area contributed by atoms with Crippen LogP contribution in [0.5, 0.6) is 0 Å². The van der Waals surface area contributed by atoms with Crippen molar-refractivity contribution < 1.29 is 4.57 Å². The Kier molecular flexibility index (Phi) is 5.49. The quantitative estimate of drug-likeness (QED) is 0.113. The van der Waals surface area contributed by atoms with Gasteiger partial charge in [0.2, 0.25) is 7.14 Å². The maximum Gasteiger partial charge on any atom is 0.207 e. The molecule has 1 atom stereocenters. The summed E-state index contributed by atoms with van der Waals surface area (Å²) < 4.78 is 18.7. The minimum atomic E-state index is -3.67. The van der Waals surface area contributed by atoms with Crippen molar-refractivity contribution in [1.82, 2.24) is 19.4 Å². The van der Waals surface area contributed by atoms with Crippen LogP contribution in [-0.4, -0.2) is 19.4 Å². The predicted octanol–water partition coefficient (Wildman–Crippen LogP) is 8.68. The van der Waals surface area contributed by atoms with E-state index in [9.17, 15) is 0 Å². The van der Waals surface area contributed by atoms with E-state index in [1.807, 2.05) is 66.7 Å². The van der Waals surface area contributed by atoms with Crippen molar-refractivity contribution in [2.24, 2.45) is 0 Å². The summed E-state index contributed by atoms with van der Waals surface area (Å²) in [5.41, 5.74) is 4.87. The third-order valence-corrected chi connectivity index (χ3v) is 12.2. The predicted molar refractivity (Wildman–Crippen MR) is 195 cm³/mol. The molecule has 0 N–H and O–H groups in total. The van der Waals surface area contributed by atoms with Gasteiger partial charge in [0.15, 0.2) is 5.57 Å². The molecule has 47 heavy (non-hydrogen) atoms. The third-order valence-electron chi connectivity index (χ3n) is 9.40. The molecule has 0 aliphatic rings. The summed E-state index contributed by atoms with van der Waals surface area (Å²) >= 11 is 0. The summed E-state index contributed by atoms with van der Waals surface area (Å²) in [5.74, 6) is 0. The van der Waals surface area contributed by atoms with Crippen molar-refractivity contribution in [3.05, 3.63) is 152 Å². The standard InChI is InChI=1S/C41H25N4OP/c46-47(30-16-2-1-3-17-30,41-42-25-29-15-7-9-19-33(29)44-41)37-24-28-14-6-8-18-31(28)39-38(37)32-22-26-12-4-5-13-27(26)23-36(32)45-35-21-11-10-20-34(35)43-40(39)45/h1-25H. The number of hydrogen-bond donors (Lipinski definition) is 0. The van der Waals surface area contributed by atoms with Crippen LogP contribution in [0.25, 0.3) is 70.8 Å². The van der Waals surface area contributed by atoms with Crippen LogP contribution >= 0.6 is 7.14 Å². The minimum absolute atomic E-state index is 0.321. The van der Waals surface area contributed by atoms with Gasteiger partial charge in [0, 0.05) is 38.4 Å². The van der Waals surface area contributed by atoms with E-state index in [1.165, 1.54) is 0 Å². The van der Waals surface area contributed by atoms with Crippen molar-refractivity contribution in [3.8, 4) is 0 Å². The Hall–Kier alpha value is -5.90. The number of benzene rings is 7. The van der Waals surface area contributed by atoms with E-state index in [0.29, 0.717) is 16.2 Å². The van der Waals surface area contributed by atoms with Gasteiger partial charge in [-0.1, -0.05) is 109 Å². The second-order valence-corrected chi connectivity index (χ2v) is 14.6. The monoisotopic (exact) mass is 620 g/mol. The van der Waals surface area contributed by atoms with Gasteiger partial charge in [-0.25, -0.2) is 15.0 Å². The van der Waals surface area contributed by atoms with Crippen LogP contribution in [0, 0.1) is 0 Å². The fourth-order valence-corrected chi connectivity index (χ4v) is 9.90. The highest BCUT2D eigenvalue weighted by atomic mass is 31.2. The summed E-state index contributed by atoms with van der Waals surface area (Å²) in [5, 5.41) is 9.48. The van der Waals surface area contributed by atoms with E-state index in [2.05, 4.69) is 83.3 Å². The Bertz CT molecular complexity index is 2950. The first-order chi connectivity index (χ1) is 23.2. The molecule has 10 aromatic rings. The number of pyridine rings is 1. The molecule has 5 nitrogen and oxygen atoms in total. The van der Waals surface area contributed by atoms with Gasteiger partial charge in [0.05, 0.1) is 22.1 Å². The van der Waals surface area contributed by atoms with Crippen LogP contribution in [0.4, 0.5) is 0 Å². The van der Waals surface area contributed by atoms with Gasteiger partial charge < -0.3 is 4.57 Å². The Labute approximate surface area is 269 Å². The summed E-state index contributed by atoms with van der Waals surface area (Å²) in [6.45, 7) is 0. The van der Waals surface area contributed by atoms with E-state index >= 15 is 4.57 Å². The largest absolute Gasteiger partial charge is 0.305 e. The molecule has 0 saturated heterocycles. The molecule has 0 fully saturated rings. The first-order valence-electron chi connectivity index (χ1n) is 15.6. The molecule has 0 spiro atoms. The smallest absolute Gasteiger partial charge is 0.207 e. The molecule has 0 saturated carbocycles. The number of fused-ring (bicyclic) bond motifs is 12. The van der Waals surface area contributed by atoms with Gasteiger partial charge in [0.1, 0.15) is 5.65 Å². The van der Waals surface area contributed by atoms with Gasteiger partial charge in [-0.3, -0.25) is 4.40 Å². The topological polar surface area (TPSA) is 60.2 Å². The first-order valence-corrected chi connectivity index (χ1v) is 17.3. The van der Waals surface area contributed by atoms with Crippen molar-refractivity contribution in [2.75, 3.05) is 0 Å². The number of rotatable bonds is 3. The highest BCUT2D eigenvalue weighted by Gasteiger charge is 2.36. The first kappa shape index (κ1) is 26.3. The van der Waals surface area contributed by atoms with E-state index < -0.39 is 7.14 Å². The van der Waals surface area contributed by atoms with Gasteiger partial charge in [-0.2, -0.15) is 0 Å². The second-order valence-electron chi connectivity index (χ2n) is 12.0. The molecular formula is C41H25N4OP. The maximum atomic E-state index is 16.4. The minimum Gasteiger partial charge on any atom is -0.305 e. The van der Waals surface area contributed by atoms with Crippen molar-refractivity contribution in [2.45, 2.75) is 0 Å². The number of nitrogens with zero attached hydrogens (tertiary/aromatic N) is 4. The molecular weight excluding hydrogens is 595 g/mol. The van der Waals surface area contributed by atoms with E-state index in [-0.39, 0.29) is 0 Å². The molecule has 6 heteroatoms. The summed E-state index contributed by atoms with van der Waals surface area (Å²) in [6.07, 6.45) is 1.79. The van der Waals surface area contributed by atoms with Gasteiger partial charge in [0.25, 0.3) is 0 Å².